The summed E-state index contributed by atoms with van der Waals surface area (Å²) in [6.45, 7) is 6.67. The van der Waals surface area contributed by atoms with E-state index in [9.17, 15) is 0 Å². The molecule has 2 heterocycles. The summed E-state index contributed by atoms with van der Waals surface area (Å²) in [6.07, 6.45) is 7.63. The van der Waals surface area contributed by atoms with Gasteiger partial charge < -0.3 is 5.32 Å². The molecule has 1 unspecified atom stereocenters. The Morgan fingerprint density at radius 1 is 1.41 bits per heavy atom. The van der Waals surface area contributed by atoms with Crippen molar-refractivity contribution >= 4 is 58.0 Å². The number of nitrogens with zero attached hydrogens (tertiary/aromatic N) is 6. The zero-order chi connectivity index (χ0) is 19.8. The van der Waals surface area contributed by atoms with E-state index < -0.39 is 0 Å². The topological polar surface area (TPSA) is 80.4 Å². The second-order valence-electron chi connectivity index (χ2n) is 6.00. The van der Waals surface area contributed by atoms with Crippen LogP contribution in [0.1, 0.15) is 33.6 Å². The number of hydrogen-bond donors (Lipinski definition) is 1. The summed E-state index contributed by atoms with van der Waals surface area (Å²) in [5.74, 6) is 0.597. The standard InChI is InChI=1S/C18H26ClN7S/c1-6-7-14(13(3)20-4)21-8-9-22-16-15-17(25-18(19)24-16)26(11-23-15)12(2)10-27-5/h8,10-11,14H,6-7,9H2,1-5H3,(H,22,24,25). The lowest BCUT2D eigenvalue weighted by Gasteiger charge is -2.10. The van der Waals surface area contributed by atoms with Crippen LogP contribution in [0.5, 0.6) is 0 Å². The van der Waals surface area contributed by atoms with Crippen molar-refractivity contribution in [3.63, 3.8) is 0 Å². The van der Waals surface area contributed by atoms with Gasteiger partial charge in [0.25, 0.3) is 0 Å². The molecule has 9 heteroatoms. The fourth-order valence-corrected chi connectivity index (χ4v) is 3.24. The van der Waals surface area contributed by atoms with Crippen LogP contribution >= 0.6 is 23.4 Å². The molecule has 0 radical (unpaired) electrons. The fraction of sp³-hybridized carbons (Fsp3) is 0.500. The number of rotatable bonds is 9. The van der Waals surface area contributed by atoms with Gasteiger partial charge in [-0.1, -0.05) is 13.3 Å². The minimum absolute atomic E-state index is 0.120. The molecule has 2 aromatic rings. The molecule has 0 bridgehead atoms. The Morgan fingerprint density at radius 2 is 2.19 bits per heavy atom. The average molecular weight is 408 g/mol. The van der Waals surface area contributed by atoms with Crippen molar-refractivity contribution in [2.75, 3.05) is 25.2 Å². The minimum Gasteiger partial charge on any atom is -0.363 e. The van der Waals surface area contributed by atoms with Gasteiger partial charge in [-0.05, 0) is 43.5 Å². The first-order chi connectivity index (χ1) is 13.0. The van der Waals surface area contributed by atoms with Gasteiger partial charge in [0.05, 0.1) is 12.6 Å². The zero-order valence-electron chi connectivity index (χ0n) is 16.4. The lowest BCUT2D eigenvalue weighted by atomic mass is 10.1. The van der Waals surface area contributed by atoms with E-state index in [4.69, 9.17) is 11.6 Å². The molecular weight excluding hydrogens is 382 g/mol. The summed E-state index contributed by atoms with van der Waals surface area (Å²) in [6, 6.07) is 0.120. The van der Waals surface area contributed by atoms with Gasteiger partial charge in [-0.2, -0.15) is 9.97 Å². The van der Waals surface area contributed by atoms with Crippen molar-refractivity contribution in [3.05, 3.63) is 17.0 Å². The highest BCUT2D eigenvalue weighted by molar-refractivity contribution is 8.01. The number of anilines is 1. The molecule has 0 aliphatic rings. The van der Waals surface area contributed by atoms with Gasteiger partial charge in [-0.3, -0.25) is 14.6 Å². The van der Waals surface area contributed by atoms with Crippen LogP contribution in [0.2, 0.25) is 5.28 Å². The molecule has 0 spiro atoms. The predicted octanol–water partition coefficient (Wildman–Crippen LogP) is 4.40. The molecule has 2 aromatic heterocycles. The molecule has 7 nitrogen and oxygen atoms in total. The normalized spacial score (nSPS) is 14.3. The van der Waals surface area contributed by atoms with Crippen LogP contribution in [0.3, 0.4) is 0 Å². The van der Waals surface area contributed by atoms with E-state index in [-0.39, 0.29) is 11.3 Å². The van der Waals surface area contributed by atoms with Crippen molar-refractivity contribution in [1.82, 2.24) is 19.5 Å². The quantitative estimate of drug-likeness (QED) is 0.492. The van der Waals surface area contributed by atoms with Crippen molar-refractivity contribution in [2.45, 2.75) is 39.7 Å². The third-order valence-corrected chi connectivity index (χ3v) is 4.83. The van der Waals surface area contributed by atoms with Gasteiger partial charge in [-0.25, -0.2) is 4.98 Å². The van der Waals surface area contributed by atoms with Gasteiger partial charge in [0.15, 0.2) is 17.0 Å². The molecule has 1 atom stereocenters. The maximum atomic E-state index is 6.12. The maximum absolute atomic E-state index is 6.12. The zero-order valence-corrected chi connectivity index (χ0v) is 18.0. The first kappa shape index (κ1) is 21.4. The van der Waals surface area contributed by atoms with Crippen LogP contribution in [0.4, 0.5) is 5.82 Å². The molecule has 0 aromatic carbocycles. The Labute approximate surface area is 169 Å². The molecule has 0 saturated carbocycles. The SMILES string of the molecule is CCCC(N=CCNc1nc(Cl)nc2c1ncn2C(C)=CSC)C(C)=NC. The summed E-state index contributed by atoms with van der Waals surface area (Å²) in [5.41, 5.74) is 3.41. The highest BCUT2D eigenvalue weighted by atomic mass is 35.5. The van der Waals surface area contributed by atoms with Crippen LogP contribution < -0.4 is 5.32 Å². The van der Waals surface area contributed by atoms with Crippen molar-refractivity contribution < 1.29 is 0 Å². The summed E-state index contributed by atoms with van der Waals surface area (Å²) < 4.78 is 1.90. The Balaban J connectivity index is 2.20. The van der Waals surface area contributed by atoms with Crippen LogP contribution in [-0.2, 0) is 0 Å². The van der Waals surface area contributed by atoms with Gasteiger partial charge in [-0.15, -0.1) is 11.8 Å². The molecule has 0 aliphatic carbocycles. The number of halogens is 1. The first-order valence-electron chi connectivity index (χ1n) is 8.81. The van der Waals surface area contributed by atoms with E-state index in [1.807, 2.05) is 36.3 Å². The monoisotopic (exact) mass is 407 g/mol. The van der Waals surface area contributed by atoms with Crippen molar-refractivity contribution in [3.8, 4) is 0 Å². The Morgan fingerprint density at radius 3 is 2.85 bits per heavy atom. The lowest BCUT2D eigenvalue weighted by Crippen LogP contribution is -2.17. The maximum Gasteiger partial charge on any atom is 0.226 e. The van der Waals surface area contributed by atoms with E-state index in [0.29, 0.717) is 23.5 Å². The molecule has 0 fully saturated rings. The molecular formula is C18H26ClN7S. The van der Waals surface area contributed by atoms with Crippen LogP contribution in [0.25, 0.3) is 16.9 Å². The molecule has 27 heavy (non-hydrogen) atoms. The summed E-state index contributed by atoms with van der Waals surface area (Å²) in [4.78, 5) is 21.9. The number of aliphatic imine (C=N–C) groups is 2. The second-order valence-corrected chi connectivity index (χ2v) is 7.05. The summed E-state index contributed by atoms with van der Waals surface area (Å²) >= 11 is 7.74. The first-order valence-corrected chi connectivity index (χ1v) is 10.5. The molecule has 0 saturated heterocycles. The fourth-order valence-electron chi connectivity index (χ4n) is 2.62. The number of hydrogen-bond acceptors (Lipinski definition) is 7. The highest BCUT2D eigenvalue weighted by Crippen LogP contribution is 2.23. The third kappa shape index (κ3) is 5.52. The number of fused-ring (bicyclic) bond motifs is 1. The van der Waals surface area contributed by atoms with Gasteiger partial charge in [0.1, 0.15) is 6.33 Å². The molecule has 0 aliphatic heterocycles. The molecule has 2 rings (SSSR count). The number of thioether (sulfide) groups is 1. The van der Waals surface area contributed by atoms with Crippen LogP contribution in [-0.4, -0.2) is 57.3 Å². The van der Waals surface area contributed by atoms with Gasteiger partial charge >= 0.3 is 0 Å². The number of nitrogens with one attached hydrogen (secondary N) is 1. The van der Waals surface area contributed by atoms with Crippen LogP contribution in [0.15, 0.2) is 21.7 Å². The highest BCUT2D eigenvalue weighted by Gasteiger charge is 2.13. The molecule has 0 amide bonds. The smallest absolute Gasteiger partial charge is 0.226 e. The predicted molar refractivity (Wildman–Crippen MR) is 119 cm³/mol. The number of allylic oxidation sites excluding steroid dienone is 1. The van der Waals surface area contributed by atoms with E-state index in [1.165, 1.54) is 0 Å². The summed E-state index contributed by atoms with van der Waals surface area (Å²) in [7, 11) is 1.80. The Kier molecular flexibility index (Phi) is 8.24. The second kappa shape index (κ2) is 10.4. The number of aromatic nitrogens is 4. The third-order valence-electron chi connectivity index (χ3n) is 4.08. The largest absolute Gasteiger partial charge is 0.363 e. The minimum atomic E-state index is 0.120. The van der Waals surface area contributed by atoms with Crippen molar-refractivity contribution in [2.24, 2.45) is 9.98 Å². The van der Waals surface area contributed by atoms with Crippen LogP contribution in [0, 0.1) is 0 Å². The lowest BCUT2D eigenvalue weighted by molar-refractivity contribution is 0.731. The Hall–Kier alpha value is -1.93. The van der Waals surface area contributed by atoms with Gasteiger partial charge in [0, 0.05) is 24.7 Å². The number of imidazole rings is 1. The van der Waals surface area contributed by atoms with E-state index >= 15 is 0 Å². The van der Waals surface area contributed by atoms with Gasteiger partial charge in [0.2, 0.25) is 5.28 Å². The van der Waals surface area contributed by atoms with Crippen molar-refractivity contribution in [1.29, 1.82) is 0 Å². The molecule has 1 N–H and O–H groups in total. The summed E-state index contributed by atoms with van der Waals surface area (Å²) in [5, 5.41) is 5.45. The molecule has 146 valence electrons. The van der Waals surface area contributed by atoms with E-state index in [0.717, 1.165) is 24.3 Å². The average Bonchev–Trinajstić information content (AvgIpc) is 3.07. The Bertz CT molecular complexity index is 857. The van der Waals surface area contributed by atoms with E-state index in [2.05, 4.69) is 37.2 Å². The van der Waals surface area contributed by atoms with E-state index in [1.54, 1.807) is 25.1 Å².